The van der Waals surface area contributed by atoms with E-state index in [1.807, 2.05) is 20.8 Å². The van der Waals surface area contributed by atoms with Crippen molar-refractivity contribution in [1.29, 1.82) is 0 Å². The second-order valence-corrected chi connectivity index (χ2v) is 11.0. The van der Waals surface area contributed by atoms with Crippen molar-refractivity contribution in [1.82, 2.24) is 14.7 Å². The maximum absolute atomic E-state index is 13.1. The van der Waals surface area contributed by atoms with Crippen molar-refractivity contribution in [2.24, 2.45) is 7.05 Å². The number of aryl methyl sites for hydroxylation is 1. The summed E-state index contributed by atoms with van der Waals surface area (Å²) >= 11 is 6.23. The first-order valence-corrected chi connectivity index (χ1v) is 12.1. The van der Waals surface area contributed by atoms with E-state index in [0.717, 1.165) is 10.5 Å². The van der Waals surface area contributed by atoms with Crippen molar-refractivity contribution in [2.45, 2.75) is 37.6 Å². The fraction of sp³-hybridized carbons (Fsp3) is 0.261. The molecule has 8 nitrogen and oxygen atoms in total. The van der Waals surface area contributed by atoms with Gasteiger partial charge < -0.3 is 0 Å². The summed E-state index contributed by atoms with van der Waals surface area (Å²) in [6.45, 7) is 6.05. The molecule has 0 fully saturated rings. The quantitative estimate of drug-likeness (QED) is 0.550. The number of hydrogen-bond acceptors (Lipinski definition) is 5. The van der Waals surface area contributed by atoms with Crippen molar-refractivity contribution in [3.05, 3.63) is 76.1 Å². The Bertz CT molecular complexity index is 1370. The van der Waals surface area contributed by atoms with Crippen LogP contribution in [0, 0.1) is 0 Å². The summed E-state index contributed by atoms with van der Waals surface area (Å²) in [5.41, 5.74) is 1.27. The van der Waals surface area contributed by atoms with E-state index in [9.17, 15) is 18.0 Å². The highest BCUT2D eigenvalue weighted by Crippen LogP contribution is 2.36. The number of nitrogens with one attached hydrogen (secondary N) is 1. The van der Waals surface area contributed by atoms with Crippen LogP contribution in [0.4, 0.5) is 5.69 Å². The normalized spacial score (nSPS) is 14.0. The molecule has 0 bridgehead atoms. The maximum atomic E-state index is 13.1. The molecule has 172 valence electrons. The predicted octanol–water partition coefficient (Wildman–Crippen LogP) is 3.97. The Morgan fingerprint density at radius 1 is 0.970 bits per heavy atom. The van der Waals surface area contributed by atoms with Crippen LogP contribution in [0.5, 0.6) is 0 Å². The van der Waals surface area contributed by atoms with Gasteiger partial charge in [0.2, 0.25) is 0 Å². The average molecular weight is 487 g/mol. The Hall–Kier alpha value is -3.17. The van der Waals surface area contributed by atoms with Gasteiger partial charge in [-0.2, -0.15) is 5.10 Å². The lowest BCUT2D eigenvalue weighted by atomic mass is 9.87. The standard InChI is InChI=1S/C23H23ClN4O4S/c1-23(2,3)14-5-7-16(8-6-14)33(31,32)26-18-10-9-17(24)19-20(18)22(30)28(21(19)29)13-15-11-12-27(4)25-15/h5-12,26H,13H2,1-4H3. The number of fused-ring (bicyclic) bond motifs is 1. The molecule has 33 heavy (non-hydrogen) atoms. The van der Waals surface area contributed by atoms with Crippen LogP contribution in [0.15, 0.2) is 53.6 Å². The highest BCUT2D eigenvalue weighted by atomic mass is 35.5. The zero-order valence-electron chi connectivity index (χ0n) is 18.6. The zero-order chi connectivity index (χ0) is 24.1. The number of aromatic nitrogens is 2. The van der Waals surface area contributed by atoms with E-state index >= 15 is 0 Å². The number of carbonyl (C=O) groups is 2. The molecule has 0 radical (unpaired) electrons. The van der Waals surface area contributed by atoms with Crippen LogP contribution in [0.2, 0.25) is 5.02 Å². The van der Waals surface area contributed by atoms with E-state index in [4.69, 9.17) is 11.6 Å². The van der Waals surface area contributed by atoms with E-state index in [2.05, 4.69) is 9.82 Å². The number of rotatable bonds is 5. The molecule has 3 aromatic rings. The van der Waals surface area contributed by atoms with Crippen LogP contribution < -0.4 is 4.72 Å². The minimum Gasteiger partial charge on any atom is -0.279 e. The summed E-state index contributed by atoms with van der Waals surface area (Å²) in [7, 11) is -2.29. The predicted molar refractivity (Wildman–Crippen MR) is 125 cm³/mol. The molecule has 0 saturated carbocycles. The van der Waals surface area contributed by atoms with Crippen LogP contribution in [-0.2, 0) is 29.0 Å². The van der Waals surface area contributed by atoms with Gasteiger partial charge >= 0.3 is 0 Å². The van der Waals surface area contributed by atoms with Crippen LogP contribution >= 0.6 is 11.6 Å². The monoisotopic (exact) mass is 486 g/mol. The maximum Gasteiger partial charge on any atom is 0.264 e. The van der Waals surface area contributed by atoms with Gasteiger partial charge in [0.05, 0.1) is 39.0 Å². The Kier molecular flexibility index (Phi) is 5.58. The third-order valence-electron chi connectivity index (χ3n) is 5.44. The van der Waals surface area contributed by atoms with Gasteiger partial charge in [0.25, 0.3) is 21.8 Å². The molecule has 4 rings (SSSR count). The Balaban J connectivity index is 1.68. The molecule has 0 atom stereocenters. The van der Waals surface area contributed by atoms with Gasteiger partial charge in [0, 0.05) is 13.2 Å². The Morgan fingerprint density at radius 2 is 1.61 bits per heavy atom. The summed E-state index contributed by atoms with van der Waals surface area (Å²) in [5, 5.41) is 4.27. The van der Waals surface area contributed by atoms with Gasteiger partial charge in [-0.1, -0.05) is 44.5 Å². The molecule has 2 amide bonds. The lowest BCUT2D eigenvalue weighted by Crippen LogP contribution is -2.29. The largest absolute Gasteiger partial charge is 0.279 e. The minimum absolute atomic E-state index is 0.00355. The van der Waals surface area contributed by atoms with Gasteiger partial charge in [-0.05, 0) is 41.3 Å². The van der Waals surface area contributed by atoms with Crippen LogP contribution in [0.1, 0.15) is 52.7 Å². The number of carbonyl (C=O) groups excluding carboxylic acids is 2. The SMILES string of the molecule is Cn1ccc(CN2C(=O)c3c(Cl)ccc(NS(=O)(=O)c4ccc(C(C)(C)C)cc4)c3C2=O)n1. The molecule has 10 heteroatoms. The molecule has 0 spiro atoms. The third-order valence-corrected chi connectivity index (χ3v) is 7.13. The lowest BCUT2D eigenvalue weighted by molar-refractivity contribution is 0.0640. The van der Waals surface area contributed by atoms with Gasteiger partial charge in [0.1, 0.15) is 0 Å². The van der Waals surface area contributed by atoms with Gasteiger partial charge in [-0.25, -0.2) is 8.42 Å². The fourth-order valence-electron chi connectivity index (χ4n) is 3.65. The number of anilines is 1. The summed E-state index contributed by atoms with van der Waals surface area (Å²) < 4.78 is 30.1. The van der Waals surface area contributed by atoms with Crippen molar-refractivity contribution in [3.8, 4) is 0 Å². The van der Waals surface area contributed by atoms with E-state index in [1.54, 1.807) is 36.1 Å². The summed E-state index contributed by atoms with van der Waals surface area (Å²) in [6, 6.07) is 11.0. The molecule has 2 aromatic carbocycles. The van der Waals surface area contributed by atoms with Crippen LogP contribution in [-0.4, -0.2) is 34.9 Å². The first-order chi connectivity index (χ1) is 15.4. The number of imide groups is 1. The van der Waals surface area contributed by atoms with Crippen molar-refractivity contribution in [3.63, 3.8) is 0 Å². The number of nitrogens with zero attached hydrogens (tertiary/aromatic N) is 3. The highest BCUT2D eigenvalue weighted by Gasteiger charge is 2.40. The van der Waals surface area contributed by atoms with Crippen LogP contribution in [0.25, 0.3) is 0 Å². The van der Waals surface area contributed by atoms with E-state index in [0.29, 0.717) is 5.69 Å². The summed E-state index contributed by atoms with van der Waals surface area (Å²) in [4.78, 5) is 27.2. The first kappa shape index (κ1) is 23.0. The first-order valence-electron chi connectivity index (χ1n) is 10.2. The minimum atomic E-state index is -4.01. The van der Waals surface area contributed by atoms with Crippen LogP contribution in [0.3, 0.4) is 0 Å². The zero-order valence-corrected chi connectivity index (χ0v) is 20.2. The molecule has 0 unspecified atom stereocenters. The molecule has 1 aliphatic heterocycles. The van der Waals surface area contributed by atoms with Gasteiger partial charge in [-0.3, -0.25) is 23.9 Å². The number of sulfonamides is 1. The molecular weight excluding hydrogens is 464 g/mol. The second kappa shape index (κ2) is 8.00. The van der Waals surface area contributed by atoms with E-state index < -0.39 is 21.8 Å². The molecule has 1 aliphatic rings. The number of halogens is 1. The van der Waals surface area contributed by atoms with Crippen molar-refractivity contribution in [2.75, 3.05) is 4.72 Å². The average Bonchev–Trinajstić information content (AvgIpc) is 3.26. The van der Waals surface area contributed by atoms with E-state index in [1.165, 1.54) is 24.3 Å². The topological polar surface area (TPSA) is 101 Å². The van der Waals surface area contributed by atoms with E-state index in [-0.39, 0.29) is 38.7 Å². The Labute approximate surface area is 197 Å². The van der Waals surface area contributed by atoms with Crippen molar-refractivity contribution < 1.29 is 18.0 Å². The third kappa shape index (κ3) is 4.26. The molecule has 1 N–H and O–H groups in total. The highest BCUT2D eigenvalue weighted by molar-refractivity contribution is 7.92. The van der Waals surface area contributed by atoms with Gasteiger partial charge in [-0.15, -0.1) is 0 Å². The smallest absolute Gasteiger partial charge is 0.264 e. The second-order valence-electron chi connectivity index (χ2n) is 8.90. The summed E-state index contributed by atoms with van der Waals surface area (Å²) in [5.74, 6) is -1.23. The summed E-state index contributed by atoms with van der Waals surface area (Å²) in [6.07, 6.45) is 1.70. The number of hydrogen-bond donors (Lipinski definition) is 1. The van der Waals surface area contributed by atoms with Crippen molar-refractivity contribution >= 4 is 39.1 Å². The molecule has 1 aromatic heterocycles. The molecule has 0 saturated heterocycles. The molecule has 0 aliphatic carbocycles. The fourth-order valence-corrected chi connectivity index (χ4v) is 4.96. The number of benzene rings is 2. The van der Waals surface area contributed by atoms with Gasteiger partial charge in [0.15, 0.2) is 0 Å². The molecule has 2 heterocycles. The molecular formula is C23H23ClN4O4S. The lowest BCUT2D eigenvalue weighted by Gasteiger charge is -2.19. The number of amides is 2. The Morgan fingerprint density at radius 3 is 2.18 bits per heavy atom.